The zero-order chi connectivity index (χ0) is 13.7. The molecule has 2 amide bonds. The number of benzene rings is 1. The number of nitrogens with one attached hydrogen (secondary N) is 1. The number of nitrogens with zero attached hydrogens (tertiary/aromatic N) is 1. The lowest BCUT2D eigenvalue weighted by atomic mass is 10.2. The third-order valence-corrected chi connectivity index (χ3v) is 3.33. The standard InChI is InChI=1S/C12H14BrClN2O2/c1-3-16(7-11(17)15-2)12(18)9-5-4-8(14)6-10(9)13/h4-6H,3,7H2,1-2H3,(H,15,17). The van der Waals surface area contributed by atoms with Gasteiger partial charge in [0, 0.05) is 23.1 Å². The van der Waals surface area contributed by atoms with E-state index in [2.05, 4.69) is 21.2 Å². The van der Waals surface area contributed by atoms with Crippen molar-refractivity contribution in [1.82, 2.24) is 10.2 Å². The summed E-state index contributed by atoms with van der Waals surface area (Å²) in [7, 11) is 1.54. The fraction of sp³-hybridized carbons (Fsp3) is 0.333. The molecule has 6 heteroatoms. The Morgan fingerprint density at radius 1 is 1.44 bits per heavy atom. The summed E-state index contributed by atoms with van der Waals surface area (Å²) in [5, 5.41) is 3.04. The maximum Gasteiger partial charge on any atom is 0.255 e. The van der Waals surface area contributed by atoms with Gasteiger partial charge in [-0.05, 0) is 41.1 Å². The predicted molar refractivity (Wildman–Crippen MR) is 74.8 cm³/mol. The van der Waals surface area contributed by atoms with Gasteiger partial charge in [0.15, 0.2) is 0 Å². The Hall–Kier alpha value is -1.07. The summed E-state index contributed by atoms with van der Waals surface area (Å²) < 4.78 is 0.621. The molecule has 0 saturated carbocycles. The van der Waals surface area contributed by atoms with Gasteiger partial charge in [-0.2, -0.15) is 0 Å². The number of amides is 2. The Bertz CT molecular complexity index is 465. The molecule has 0 aromatic heterocycles. The molecule has 0 unspecified atom stereocenters. The Balaban J connectivity index is 2.93. The van der Waals surface area contributed by atoms with E-state index in [-0.39, 0.29) is 18.4 Å². The van der Waals surface area contributed by atoms with Crippen molar-refractivity contribution >= 4 is 39.3 Å². The molecule has 1 rings (SSSR count). The average molecular weight is 334 g/mol. The molecule has 0 aliphatic heterocycles. The lowest BCUT2D eigenvalue weighted by Gasteiger charge is -2.20. The zero-order valence-corrected chi connectivity index (χ0v) is 12.5. The molecular formula is C12H14BrClN2O2. The Kier molecular flexibility index (Phi) is 5.62. The molecule has 18 heavy (non-hydrogen) atoms. The molecule has 1 aromatic rings. The van der Waals surface area contributed by atoms with Gasteiger partial charge in [-0.1, -0.05) is 11.6 Å². The molecule has 0 atom stereocenters. The maximum atomic E-state index is 12.2. The van der Waals surface area contributed by atoms with Gasteiger partial charge < -0.3 is 10.2 Å². The van der Waals surface area contributed by atoms with E-state index in [0.717, 1.165) is 0 Å². The van der Waals surface area contributed by atoms with E-state index in [0.29, 0.717) is 21.6 Å². The van der Waals surface area contributed by atoms with Gasteiger partial charge in [0.2, 0.25) is 5.91 Å². The SMILES string of the molecule is CCN(CC(=O)NC)C(=O)c1ccc(Cl)cc1Br. The molecule has 0 bridgehead atoms. The Morgan fingerprint density at radius 3 is 2.61 bits per heavy atom. The fourth-order valence-electron chi connectivity index (χ4n) is 1.41. The van der Waals surface area contributed by atoms with Gasteiger partial charge in [-0.3, -0.25) is 9.59 Å². The summed E-state index contributed by atoms with van der Waals surface area (Å²) in [6.07, 6.45) is 0. The molecular weight excluding hydrogens is 320 g/mol. The van der Waals surface area contributed by atoms with E-state index >= 15 is 0 Å². The fourth-order valence-corrected chi connectivity index (χ4v) is 2.27. The van der Waals surface area contributed by atoms with E-state index in [1.165, 1.54) is 4.90 Å². The van der Waals surface area contributed by atoms with Crippen molar-refractivity contribution in [2.24, 2.45) is 0 Å². The highest BCUT2D eigenvalue weighted by Gasteiger charge is 2.18. The van der Waals surface area contributed by atoms with Crippen LogP contribution in [0.15, 0.2) is 22.7 Å². The van der Waals surface area contributed by atoms with Crippen LogP contribution in [0, 0.1) is 0 Å². The molecule has 0 aliphatic carbocycles. The molecule has 0 radical (unpaired) electrons. The highest BCUT2D eigenvalue weighted by Crippen LogP contribution is 2.22. The van der Waals surface area contributed by atoms with E-state index in [1.807, 2.05) is 6.92 Å². The number of hydrogen-bond acceptors (Lipinski definition) is 2. The van der Waals surface area contributed by atoms with Gasteiger partial charge in [0.05, 0.1) is 12.1 Å². The number of halogens is 2. The summed E-state index contributed by atoms with van der Waals surface area (Å²) in [5.41, 5.74) is 0.491. The first-order valence-corrected chi connectivity index (χ1v) is 6.61. The minimum atomic E-state index is -0.204. The largest absolute Gasteiger partial charge is 0.358 e. The second kappa shape index (κ2) is 6.75. The molecule has 4 nitrogen and oxygen atoms in total. The molecule has 0 heterocycles. The molecule has 0 spiro atoms. The van der Waals surface area contributed by atoms with Crippen molar-refractivity contribution in [2.45, 2.75) is 6.92 Å². The van der Waals surface area contributed by atoms with Gasteiger partial charge in [-0.25, -0.2) is 0 Å². The van der Waals surface area contributed by atoms with E-state index < -0.39 is 0 Å². The summed E-state index contributed by atoms with van der Waals surface area (Å²) in [6.45, 7) is 2.33. The first-order chi connectivity index (χ1) is 8.49. The van der Waals surface area contributed by atoms with Crippen LogP contribution in [0.3, 0.4) is 0 Å². The number of rotatable bonds is 4. The first kappa shape index (κ1) is 15.0. The Morgan fingerprint density at radius 2 is 2.11 bits per heavy atom. The van der Waals surface area contributed by atoms with Gasteiger partial charge in [-0.15, -0.1) is 0 Å². The molecule has 0 fully saturated rings. The summed E-state index contributed by atoms with van der Waals surface area (Å²) in [6, 6.07) is 4.94. The van der Waals surface area contributed by atoms with Crippen LogP contribution in [0.4, 0.5) is 0 Å². The van der Waals surface area contributed by atoms with Crippen LogP contribution >= 0.6 is 27.5 Å². The number of carbonyl (C=O) groups excluding carboxylic acids is 2. The van der Waals surface area contributed by atoms with E-state index in [1.54, 1.807) is 25.2 Å². The second-order valence-electron chi connectivity index (χ2n) is 3.62. The van der Waals surface area contributed by atoms with Crippen LogP contribution in [-0.2, 0) is 4.79 Å². The number of likely N-dealkylation sites (N-methyl/N-ethyl adjacent to an activating group) is 2. The predicted octanol–water partition coefficient (Wildman–Crippen LogP) is 2.31. The summed E-state index contributed by atoms with van der Waals surface area (Å²) in [5.74, 6) is -0.403. The average Bonchev–Trinajstić information content (AvgIpc) is 2.34. The third-order valence-electron chi connectivity index (χ3n) is 2.44. The first-order valence-electron chi connectivity index (χ1n) is 5.44. The van der Waals surface area contributed by atoms with Crippen LogP contribution < -0.4 is 5.32 Å². The van der Waals surface area contributed by atoms with Crippen molar-refractivity contribution in [3.63, 3.8) is 0 Å². The topological polar surface area (TPSA) is 49.4 Å². The minimum absolute atomic E-state index is 0.0426. The van der Waals surface area contributed by atoms with Crippen LogP contribution in [-0.4, -0.2) is 36.9 Å². The highest BCUT2D eigenvalue weighted by molar-refractivity contribution is 9.10. The summed E-state index contributed by atoms with van der Waals surface area (Å²) >= 11 is 9.12. The second-order valence-corrected chi connectivity index (χ2v) is 4.91. The molecule has 98 valence electrons. The lowest BCUT2D eigenvalue weighted by molar-refractivity contribution is -0.121. The van der Waals surface area contributed by atoms with Crippen molar-refractivity contribution in [3.8, 4) is 0 Å². The Labute approximate surface area is 119 Å². The van der Waals surface area contributed by atoms with Gasteiger partial charge >= 0.3 is 0 Å². The van der Waals surface area contributed by atoms with E-state index in [4.69, 9.17) is 11.6 Å². The molecule has 0 saturated heterocycles. The van der Waals surface area contributed by atoms with E-state index in [9.17, 15) is 9.59 Å². The van der Waals surface area contributed by atoms with Crippen LogP contribution in [0.25, 0.3) is 0 Å². The normalized spacial score (nSPS) is 10.0. The van der Waals surface area contributed by atoms with Crippen molar-refractivity contribution < 1.29 is 9.59 Å². The molecule has 1 aromatic carbocycles. The van der Waals surface area contributed by atoms with Crippen LogP contribution in [0.2, 0.25) is 5.02 Å². The van der Waals surface area contributed by atoms with Crippen LogP contribution in [0.5, 0.6) is 0 Å². The summed E-state index contributed by atoms with van der Waals surface area (Å²) in [4.78, 5) is 25.0. The van der Waals surface area contributed by atoms with Crippen molar-refractivity contribution in [1.29, 1.82) is 0 Å². The quantitative estimate of drug-likeness (QED) is 0.919. The number of carbonyl (C=O) groups is 2. The lowest BCUT2D eigenvalue weighted by Crippen LogP contribution is -2.39. The minimum Gasteiger partial charge on any atom is -0.358 e. The molecule has 1 N–H and O–H groups in total. The maximum absolute atomic E-state index is 12.2. The van der Waals surface area contributed by atoms with Gasteiger partial charge in [0.1, 0.15) is 0 Å². The monoisotopic (exact) mass is 332 g/mol. The van der Waals surface area contributed by atoms with Crippen LogP contribution in [0.1, 0.15) is 17.3 Å². The molecule has 0 aliphatic rings. The van der Waals surface area contributed by atoms with Crippen molar-refractivity contribution in [2.75, 3.05) is 20.1 Å². The smallest absolute Gasteiger partial charge is 0.255 e. The highest BCUT2D eigenvalue weighted by atomic mass is 79.9. The van der Waals surface area contributed by atoms with Gasteiger partial charge in [0.25, 0.3) is 5.91 Å². The zero-order valence-electron chi connectivity index (χ0n) is 10.2. The third kappa shape index (κ3) is 3.71. The van der Waals surface area contributed by atoms with Crippen molar-refractivity contribution in [3.05, 3.63) is 33.3 Å². The number of hydrogen-bond donors (Lipinski definition) is 1.